The van der Waals surface area contributed by atoms with Crippen molar-refractivity contribution in [3.05, 3.63) is 74.8 Å². The molecule has 0 radical (unpaired) electrons. The smallest absolute Gasteiger partial charge is 0.269 e. The van der Waals surface area contributed by atoms with Gasteiger partial charge in [0.1, 0.15) is 29.3 Å². The van der Waals surface area contributed by atoms with E-state index in [1.165, 1.54) is 23.9 Å². The van der Waals surface area contributed by atoms with Crippen molar-refractivity contribution in [2.75, 3.05) is 16.8 Å². The van der Waals surface area contributed by atoms with Gasteiger partial charge in [0.25, 0.3) is 5.69 Å². The van der Waals surface area contributed by atoms with Crippen molar-refractivity contribution in [1.82, 2.24) is 10.3 Å². The molecular weight excluding hydrogens is 454 g/mol. The van der Waals surface area contributed by atoms with Crippen LogP contribution in [0.5, 0.6) is 0 Å². The number of aromatic nitrogens is 1. The highest BCUT2D eigenvalue weighted by atomic mass is 32.2. The quantitative estimate of drug-likeness (QED) is 0.189. The summed E-state index contributed by atoms with van der Waals surface area (Å²) in [6, 6.07) is 13.3. The number of nitrogens with zero attached hydrogens (tertiary/aromatic N) is 5. The zero-order chi connectivity index (χ0) is 24.4. The number of nitrogens with two attached hydrogens (primary N) is 2. The van der Waals surface area contributed by atoms with Gasteiger partial charge in [-0.1, -0.05) is 29.5 Å². The average Bonchev–Trinajstić information content (AvgIpc) is 2.80. The lowest BCUT2D eigenvalue weighted by atomic mass is 9.94. The Balaban J connectivity index is 1.95. The second kappa shape index (κ2) is 8.97. The molecule has 1 aliphatic heterocycles. The molecule has 0 aliphatic carbocycles. The van der Waals surface area contributed by atoms with Gasteiger partial charge in [-0.05, 0) is 25.1 Å². The molecule has 11 nitrogen and oxygen atoms in total. The number of guanidine groups is 1. The third-order valence-electron chi connectivity index (χ3n) is 5.11. The lowest BCUT2D eigenvalue weighted by Crippen LogP contribution is -2.33. The fourth-order valence-electron chi connectivity index (χ4n) is 3.50. The first kappa shape index (κ1) is 22.4. The Morgan fingerprint density at radius 3 is 2.59 bits per heavy atom. The lowest BCUT2D eigenvalue weighted by molar-refractivity contribution is -0.385. The fraction of sp³-hybridized carbons (Fsp3) is 0.0909. The number of nitro groups is 1. The summed E-state index contributed by atoms with van der Waals surface area (Å²) in [5, 5.41) is 35.5. The number of non-ortho nitro benzene ring substituents is 1. The van der Waals surface area contributed by atoms with Gasteiger partial charge in [0.15, 0.2) is 6.19 Å². The normalized spacial score (nSPS) is 14.1. The van der Waals surface area contributed by atoms with Crippen LogP contribution in [0.1, 0.15) is 28.3 Å². The van der Waals surface area contributed by atoms with Gasteiger partial charge in [0, 0.05) is 33.1 Å². The minimum atomic E-state index is -0.903. The first-order valence-corrected chi connectivity index (χ1v) is 10.7. The summed E-state index contributed by atoms with van der Waals surface area (Å²) in [6.45, 7) is 1.98. The summed E-state index contributed by atoms with van der Waals surface area (Å²) in [6.07, 6.45) is 1.78. The molecule has 34 heavy (non-hydrogen) atoms. The molecule has 12 heteroatoms. The van der Waals surface area contributed by atoms with Crippen molar-refractivity contribution in [2.24, 2.45) is 4.99 Å². The maximum Gasteiger partial charge on any atom is 0.269 e. The van der Waals surface area contributed by atoms with Gasteiger partial charge in [-0.3, -0.25) is 15.4 Å². The number of aliphatic imine (C=N–C) groups is 1. The molecule has 4 rings (SSSR count). The van der Waals surface area contributed by atoms with Crippen LogP contribution in [0.15, 0.2) is 57.2 Å². The Morgan fingerprint density at radius 1 is 1.21 bits per heavy atom. The zero-order valence-electron chi connectivity index (χ0n) is 17.7. The number of hydrogen-bond acceptors (Lipinski definition) is 11. The average molecular weight is 472 g/mol. The Labute approximate surface area is 198 Å². The molecule has 0 amide bonds. The molecular formula is C22H17N9O2S. The van der Waals surface area contributed by atoms with E-state index in [1.807, 2.05) is 37.3 Å². The van der Waals surface area contributed by atoms with E-state index < -0.39 is 11.0 Å². The van der Waals surface area contributed by atoms with Crippen LogP contribution in [-0.2, 0) is 0 Å². The van der Waals surface area contributed by atoms with Crippen LogP contribution < -0.4 is 22.1 Å². The molecule has 6 N–H and O–H groups in total. The third kappa shape index (κ3) is 4.13. The number of rotatable bonds is 4. The van der Waals surface area contributed by atoms with Crippen molar-refractivity contribution in [3.63, 3.8) is 0 Å². The van der Waals surface area contributed by atoms with Crippen molar-refractivity contribution >= 4 is 40.7 Å². The summed E-state index contributed by atoms with van der Waals surface area (Å²) in [4.78, 5) is 21.4. The van der Waals surface area contributed by atoms with Crippen LogP contribution in [-0.4, -0.2) is 15.9 Å². The van der Waals surface area contributed by atoms with Gasteiger partial charge in [-0.2, -0.15) is 10.5 Å². The number of aryl methyl sites for hydroxylation is 1. The summed E-state index contributed by atoms with van der Waals surface area (Å²) < 4.78 is 0. The van der Waals surface area contributed by atoms with Gasteiger partial charge in [-0.15, -0.1) is 0 Å². The minimum Gasteiger partial charge on any atom is -0.397 e. The molecule has 168 valence electrons. The molecule has 0 bridgehead atoms. The van der Waals surface area contributed by atoms with E-state index in [-0.39, 0.29) is 34.5 Å². The van der Waals surface area contributed by atoms with Crippen LogP contribution in [0.2, 0.25) is 0 Å². The van der Waals surface area contributed by atoms with Crippen LogP contribution >= 0.6 is 11.8 Å². The fourth-order valence-corrected chi connectivity index (χ4v) is 4.45. The summed E-state index contributed by atoms with van der Waals surface area (Å²) in [5.74, 6) is 0.176. The summed E-state index contributed by atoms with van der Waals surface area (Å²) >= 11 is 1.40. The number of hydrogen-bond donors (Lipinski definition) is 4. The van der Waals surface area contributed by atoms with E-state index in [2.05, 4.69) is 20.6 Å². The molecule has 1 atom stereocenters. The topological polar surface area (TPSA) is 192 Å². The van der Waals surface area contributed by atoms with Crippen LogP contribution in [0.25, 0.3) is 0 Å². The molecule has 2 heterocycles. The highest BCUT2D eigenvalue weighted by Gasteiger charge is 2.32. The maximum atomic E-state index is 11.6. The Morgan fingerprint density at radius 2 is 1.94 bits per heavy atom. The zero-order valence-corrected chi connectivity index (χ0v) is 18.6. The minimum absolute atomic E-state index is 0.0180. The first-order valence-electron chi connectivity index (χ1n) is 9.84. The predicted molar refractivity (Wildman–Crippen MR) is 128 cm³/mol. The molecule has 0 saturated heterocycles. The highest BCUT2D eigenvalue weighted by Crippen LogP contribution is 2.45. The SMILES string of the molecule is Cc1ccc(Sc2ccc([N+](=O)[O-])cc2C2N=C(NC#N)Nc3nc(N)c(C#N)c(N)c32)cc1. The summed E-state index contributed by atoms with van der Waals surface area (Å²) in [7, 11) is 0. The van der Waals surface area contributed by atoms with Crippen LogP contribution in [0.3, 0.4) is 0 Å². The van der Waals surface area contributed by atoms with Gasteiger partial charge in [0.2, 0.25) is 5.96 Å². The molecule has 0 fully saturated rings. The monoisotopic (exact) mass is 471 g/mol. The van der Waals surface area contributed by atoms with Crippen LogP contribution in [0, 0.1) is 39.8 Å². The van der Waals surface area contributed by atoms with E-state index in [4.69, 9.17) is 16.7 Å². The number of benzene rings is 2. The van der Waals surface area contributed by atoms with Crippen molar-refractivity contribution in [3.8, 4) is 12.3 Å². The molecule has 3 aromatic rings. The lowest BCUT2D eigenvalue weighted by Gasteiger charge is -2.27. The molecule has 2 aromatic carbocycles. The highest BCUT2D eigenvalue weighted by molar-refractivity contribution is 7.99. The second-order valence-corrected chi connectivity index (χ2v) is 8.41. The van der Waals surface area contributed by atoms with Gasteiger partial charge in [0.05, 0.1) is 10.6 Å². The van der Waals surface area contributed by atoms with E-state index >= 15 is 0 Å². The molecule has 1 aliphatic rings. The van der Waals surface area contributed by atoms with E-state index in [0.717, 1.165) is 10.5 Å². The third-order valence-corrected chi connectivity index (χ3v) is 6.20. The van der Waals surface area contributed by atoms with Gasteiger partial charge < -0.3 is 16.8 Å². The van der Waals surface area contributed by atoms with Crippen molar-refractivity contribution < 1.29 is 4.92 Å². The number of anilines is 3. The van der Waals surface area contributed by atoms with E-state index in [9.17, 15) is 15.4 Å². The number of nitrogens with one attached hydrogen (secondary N) is 2. The van der Waals surface area contributed by atoms with Gasteiger partial charge >= 0.3 is 0 Å². The Kier molecular flexibility index (Phi) is 5.91. The molecule has 0 saturated carbocycles. The van der Waals surface area contributed by atoms with Crippen molar-refractivity contribution in [2.45, 2.75) is 22.8 Å². The van der Waals surface area contributed by atoms with Gasteiger partial charge in [-0.25, -0.2) is 9.98 Å². The number of nitriles is 2. The second-order valence-electron chi connectivity index (χ2n) is 7.30. The number of nitrogen functional groups attached to an aromatic ring is 2. The predicted octanol–water partition coefficient (Wildman–Crippen LogP) is 3.43. The van der Waals surface area contributed by atoms with Crippen LogP contribution in [0.4, 0.5) is 23.0 Å². The first-order chi connectivity index (χ1) is 16.3. The maximum absolute atomic E-state index is 11.6. The Bertz CT molecular complexity index is 1420. The number of nitro benzene ring substituents is 1. The number of pyridine rings is 1. The molecule has 1 aromatic heterocycles. The van der Waals surface area contributed by atoms with E-state index in [1.54, 1.807) is 12.3 Å². The summed E-state index contributed by atoms with van der Waals surface area (Å²) in [5.41, 5.74) is 14.0. The largest absolute Gasteiger partial charge is 0.397 e. The number of fused-ring (bicyclic) bond motifs is 1. The standard InChI is InChI=1S/C22H17N9O2S/c1-11-2-5-13(6-3-11)34-16-7-4-12(31(32)33)8-14(16)19-17-18(25)15(9-23)20(26)29-21(17)30-22(28-19)27-10-24/h2-8,19H,1H3,(H6,25,26,27,28,29,30). The van der Waals surface area contributed by atoms with Crippen molar-refractivity contribution in [1.29, 1.82) is 10.5 Å². The Hall–Kier alpha value is -4.81. The van der Waals surface area contributed by atoms with E-state index in [0.29, 0.717) is 16.0 Å². The molecule has 0 spiro atoms. The molecule has 1 unspecified atom stereocenters.